The van der Waals surface area contributed by atoms with Gasteiger partial charge in [0, 0.05) is 30.2 Å². The molecule has 2 aromatic rings. The lowest BCUT2D eigenvalue weighted by molar-refractivity contribution is -0.385. The highest BCUT2D eigenvalue weighted by Gasteiger charge is 2.29. The van der Waals surface area contributed by atoms with Gasteiger partial charge in [0.2, 0.25) is 11.7 Å². The lowest BCUT2D eigenvalue weighted by Crippen LogP contribution is -2.50. The van der Waals surface area contributed by atoms with E-state index in [0.717, 1.165) is 6.42 Å². The Morgan fingerprint density at radius 3 is 2.55 bits per heavy atom. The number of nitrogens with one attached hydrogen (secondary N) is 1. The molecular weight excluding hydrogens is 450 g/mol. The fraction of sp³-hybridized carbons (Fsp3) is 0.391. The molecule has 1 N–H and O–H groups in total. The van der Waals surface area contributed by atoms with Gasteiger partial charge in [0.15, 0.2) is 6.61 Å². The number of ether oxygens (including phenoxy) is 2. The number of nitro benzene ring substituents is 1. The van der Waals surface area contributed by atoms with Crippen molar-refractivity contribution in [3.05, 3.63) is 63.2 Å². The highest BCUT2D eigenvalue weighted by Crippen LogP contribution is 2.31. The van der Waals surface area contributed by atoms with Crippen molar-refractivity contribution in [2.75, 3.05) is 20.3 Å². The molecule has 0 aliphatic heterocycles. The van der Waals surface area contributed by atoms with Gasteiger partial charge in [-0.3, -0.25) is 19.7 Å². The van der Waals surface area contributed by atoms with Gasteiger partial charge in [0.1, 0.15) is 11.8 Å². The Labute approximate surface area is 197 Å². The predicted molar refractivity (Wildman–Crippen MR) is 125 cm³/mol. The molecule has 0 saturated heterocycles. The minimum Gasteiger partial charge on any atom is -0.490 e. The zero-order valence-electron chi connectivity index (χ0n) is 18.9. The van der Waals surface area contributed by atoms with Crippen molar-refractivity contribution in [2.24, 2.45) is 0 Å². The van der Waals surface area contributed by atoms with E-state index in [1.807, 2.05) is 19.9 Å². The molecule has 0 bridgehead atoms. The van der Waals surface area contributed by atoms with Gasteiger partial charge in [-0.2, -0.15) is 0 Å². The number of carbonyl (C=O) groups is 2. The fourth-order valence-corrected chi connectivity index (χ4v) is 3.42. The Bertz CT molecular complexity index is 984. The Morgan fingerprint density at radius 1 is 1.21 bits per heavy atom. The van der Waals surface area contributed by atoms with Crippen molar-refractivity contribution in [3.63, 3.8) is 0 Å². The number of halogens is 1. The van der Waals surface area contributed by atoms with Crippen molar-refractivity contribution < 1.29 is 24.0 Å². The number of carbonyl (C=O) groups excluding carboxylic acids is 2. The highest BCUT2D eigenvalue weighted by atomic mass is 35.5. The summed E-state index contributed by atoms with van der Waals surface area (Å²) in [4.78, 5) is 37.9. The van der Waals surface area contributed by atoms with Crippen LogP contribution in [0.1, 0.15) is 32.3 Å². The van der Waals surface area contributed by atoms with Crippen LogP contribution in [0.2, 0.25) is 5.02 Å². The maximum atomic E-state index is 13.2. The molecule has 0 unspecified atom stereocenters. The maximum Gasteiger partial charge on any atom is 0.311 e. The third-order valence-corrected chi connectivity index (χ3v) is 5.31. The van der Waals surface area contributed by atoms with Crippen molar-refractivity contribution in [3.8, 4) is 11.5 Å². The van der Waals surface area contributed by atoms with Crippen molar-refractivity contribution >= 4 is 29.1 Å². The summed E-state index contributed by atoms with van der Waals surface area (Å²) in [5, 5.41) is 14.4. The van der Waals surface area contributed by atoms with E-state index in [1.165, 1.54) is 30.2 Å². The van der Waals surface area contributed by atoms with Crippen LogP contribution in [0.3, 0.4) is 0 Å². The van der Waals surface area contributed by atoms with E-state index in [2.05, 4.69) is 5.32 Å². The zero-order chi connectivity index (χ0) is 24.4. The van der Waals surface area contributed by atoms with Gasteiger partial charge in [-0.15, -0.1) is 0 Å². The fourth-order valence-electron chi connectivity index (χ4n) is 3.22. The van der Waals surface area contributed by atoms with Crippen LogP contribution < -0.4 is 14.8 Å². The van der Waals surface area contributed by atoms with E-state index in [0.29, 0.717) is 23.6 Å². The number of amides is 2. The third kappa shape index (κ3) is 7.08. The van der Waals surface area contributed by atoms with Crippen LogP contribution in [0.15, 0.2) is 42.5 Å². The molecule has 10 heteroatoms. The summed E-state index contributed by atoms with van der Waals surface area (Å²) < 4.78 is 10.6. The zero-order valence-corrected chi connectivity index (χ0v) is 19.6. The number of nitro groups is 1. The topological polar surface area (TPSA) is 111 Å². The molecule has 33 heavy (non-hydrogen) atoms. The normalized spacial score (nSPS) is 11.4. The molecule has 9 nitrogen and oxygen atoms in total. The molecule has 1 atom stereocenters. The quantitative estimate of drug-likeness (QED) is 0.365. The second-order valence-corrected chi connectivity index (χ2v) is 7.61. The second-order valence-electron chi connectivity index (χ2n) is 7.21. The van der Waals surface area contributed by atoms with Gasteiger partial charge in [0.25, 0.3) is 5.91 Å². The summed E-state index contributed by atoms with van der Waals surface area (Å²) in [5.41, 5.74) is 0.487. The Kier molecular flexibility index (Phi) is 9.93. The van der Waals surface area contributed by atoms with Gasteiger partial charge in [-0.05, 0) is 30.5 Å². The third-order valence-electron chi connectivity index (χ3n) is 4.94. The molecule has 0 heterocycles. The molecule has 0 fully saturated rings. The highest BCUT2D eigenvalue weighted by molar-refractivity contribution is 6.31. The number of nitrogens with zero attached hydrogens (tertiary/aromatic N) is 2. The molecule has 0 aromatic heterocycles. The molecule has 0 radical (unpaired) electrons. The van der Waals surface area contributed by atoms with Crippen LogP contribution in [0.25, 0.3) is 0 Å². The number of hydrogen-bond donors (Lipinski definition) is 1. The van der Waals surface area contributed by atoms with Gasteiger partial charge in [0.05, 0.1) is 12.0 Å². The Morgan fingerprint density at radius 2 is 1.94 bits per heavy atom. The number of methoxy groups -OCH3 is 1. The first-order valence-electron chi connectivity index (χ1n) is 10.6. The van der Waals surface area contributed by atoms with E-state index in [4.69, 9.17) is 21.1 Å². The number of rotatable bonds is 12. The first-order chi connectivity index (χ1) is 15.8. The lowest BCUT2D eigenvalue weighted by Gasteiger charge is -2.30. The SMILES string of the molecule is CCCNC(=O)[C@H](CC)N(Cc1ccccc1Cl)C(=O)COc1ccc([N+](=O)[O-])c(OC)c1. The van der Waals surface area contributed by atoms with E-state index in [-0.39, 0.29) is 36.2 Å². The Hall–Kier alpha value is -3.33. The van der Waals surface area contributed by atoms with Crippen LogP contribution in [-0.4, -0.2) is 47.9 Å². The Balaban J connectivity index is 2.24. The van der Waals surface area contributed by atoms with Crippen LogP contribution in [0, 0.1) is 10.1 Å². The lowest BCUT2D eigenvalue weighted by atomic mass is 10.1. The summed E-state index contributed by atoms with van der Waals surface area (Å²) in [6, 6.07) is 10.4. The van der Waals surface area contributed by atoms with Crippen molar-refractivity contribution in [1.82, 2.24) is 10.2 Å². The van der Waals surface area contributed by atoms with E-state index < -0.39 is 16.9 Å². The van der Waals surface area contributed by atoms with Crippen LogP contribution >= 0.6 is 11.6 Å². The first-order valence-corrected chi connectivity index (χ1v) is 11.0. The average molecular weight is 478 g/mol. The molecule has 178 valence electrons. The minimum absolute atomic E-state index is 0.0169. The van der Waals surface area contributed by atoms with E-state index in [9.17, 15) is 19.7 Å². The van der Waals surface area contributed by atoms with Crippen LogP contribution in [0.5, 0.6) is 11.5 Å². The second kappa shape index (κ2) is 12.6. The van der Waals surface area contributed by atoms with Gasteiger partial charge < -0.3 is 19.7 Å². The average Bonchev–Trinajstić information content (AvgIpc) is 2.81. The molecule has 0 spiro atoms. The largest absolute Gasteiger partial charge is 0.490 e. The summed E-state index contributed by atoms with van der Waals surface area (Å²) in [7, 11) is 1.31. The van der Waals surface area contributed by atoms with Gasteiger partial charge in [-0.25, -0.2) is 0 Å². The molecular formula is C23H28ClN3O6. The molecule has 0 saturated carbocycles. The molecule has 0 aliphatic carbocycles. The molecule has 2 rings (SSSR count). The van der Waals surface area contributed by atoms with E-state index in [1.54, 1.807) is 18.2 Å². The van der Waals surface area contributed by atoms with Crippen molar-refractivity contribution in [1.29, 1.82) is 0 Å². The van der Waals surface area contributed by atoms with Gasteiger partial charge in [-0.1, -0.05) is 43.6 Å². The molecule has 2 aromatic carbocycles. The predicted octanol–water partition coefficient (Wildman–Crippen LogP) is 3.97. The van der Waals surface area contributed by atoms with Crippen LogP contribution in [-0.2, 0) is 16.1 Å². The van der Waals surface area contributed by atoms with Crippen LogP contribution in [0.4, 0.5) is 5.69 Å². The summed E-state index contributed by atoms with van der Waals surface area (Å²) in [5.74, 6) is -0.433. The monoisotopic (exact) mass is 477 g/mol. The standard InChI is InChI=1S/C23H28ClN3O6/c1-4-12-25-23(29)19(5-2)26(14-16-8-6-7-9-18(16)24)22(28)15-33-17-10-11-20(27(30)31)21(13-17)32-3/h6-11,13,19H,4-5,12,14-15H2,1-3H3,(H,25,29)/t19-/m0/s1. The summed E-state index contributed by atoms with van der Waals surface area (Å²) in [6.45, 7) is 4.03. The minimum atomic E-state index is -0.713. The maximum absolute atomic E-state index is 13.2. The van der Waals surface area contributed by atoms with Crippen molar-refractivity contribution in [2.45, 2.75) is 39.3 Å². The number of benzene rings is 2. The summed E-state index contributed by atoms with van der Waals surface area (Å²) >= 11 is 6.29. The molecule has 2 amide bonds. The van der Waals surface area contributed by atoms with E-state index >= 15 is 0 Å². The molecule has 0 aliphatic rings. The first kappa shape index (κ1) is 25.9. The summed E-state index contributed by atoms with van der Waals surface area (Å²) in [6.07, 6.45) is 1.17. The smallest absolute Gasteiger partial charge is 0.311 e. The number of hydrogen-bond acceptors (Lipinski definition) is 6. The van der Waals surface area contributed by atoms with Gasteiger partial charge >= 0.3 is 5.69 Å².